The lowest BCUT2D eigenvalue weighted by Crippen LogP contribution is -2.05. The van der Waals surface area contributed by atoms with Crippen LogP contribution in [-0.2, 0) is 0 Å². The maximum Gasteiger partial charge on any atom is 0.264 e. The Morgan fingerprint density at radius 2 is 1.79 bits per heavy atom. The summed E-state index contributed by atoms with van der Waals surface area (Å²) in [6.07, 6.45) is 0. The number of phenolic OH excluding ortho intramolecular Hbond substituents is 2. The molecule has 0 amide bonds. The molecule has 0 aliphatic rings. The molecule has 120 valence electrons. The van der Waals surface area contributed by atoms with Crippen molar-refractivity contribution in [3.63, 3.8) is 0 Å². The third-order valence-corrected chi connectivity index (χ3v) is 3.51. The maximum absolute atomic E-state index is 11.0. The highest BCUT2D eigenvalue weighted by molar-refractivity contribution is 6.02. The van der Waals surface area contributed by atoms with E-state index >= 15 is 0 Å². The fraction of sp³-hybridized carbons (Fsp3) is 0.0556. The van der Waals surface area contributed by atoms with Crippen LogP contribution in [0.1, 0.15) is 12.5 Å². The fourth-order valence-corrected chi connectivity index (χ4v) is 2.29. The van der Waals surface area contributed by atoms with Gasteiger partial charge in [-0.3, -0.25) is 9.79 Å². The Hall–Kier alpha value is -3.41. The number of aliphatic imine (C=N–C) groups is 1. The van der Waals surface area contributed by atoms with Crippen LogP contribution in [0.25, 0.3) is 11.3 Å². The number of aromatic hydroxyl groups is 2. The lowest BCUT2D eigenvalue weighted by atomic mass is 10.1. The average Bonchev–Trinajstić information content (AvgIpc) is 2.56. The molecule has 24 heavy (non-hydrogen) atoms. The van der Waals surface area contributed by atoms with Crippen LogP contribution < -0.4 is 5.56 Å². The summed E-state index contributed by atoms with van der Waals surface area (Å²) >= 11 is 0. The molecule has 0 saturated carbocycles. The molecule has 6 nitrogen and oxygen atoms in total. The maximum atomic E-state index is 11.0. The zero-order chi connectivity index (χ0) is 17.1. The molecule has 3 aromatic rings. The number of rotatable bonds is 3. The third-order valence-electron chi connectivity index (χ3n) is 3.51. The Morgan fingerprint density at radius 1 is 1.04 bits per heavy atom. The van der Waals surface area contributed by atoms with Crippen LogP contribution in [0.3, 0.4) is 0 Å². The molecule has 3 rings (SSSR count). The van der Waals surface area contributed by atoms with Crippen molar-refractivity contribution in [2.45, 2.75) is 6.92 Å². The number of phenols is 2. The van der Waals surface area contributed by atoms with Crippen LogP contribution in [-0.4, -0.2) is 26.1 Å². The number of hydrogen-bond donors (Lipinski definition) is 3. The van der Waals surface area contributed by atoms with Crippen molar-refractivity contribution in [3.05, 3.63) is 70.5 Å². The van der Waals surface area contributed by atoms with Gasteiger partial charge in [-0.25, -0.2) is 5.10 Å². The molecule has 0 aliphatic heterocycles. The molecule has 6 heteroatoms. The Kier molecular flexibility index (Phi) is 4.11. The van der Waals surface area contributed by atoms with Gasteiger partial charge in [0.25, 0.3) is 5.56 Å². The minimum Gasteiger partial charge on any atom is -0.508 e. The summed E-state index contributed by atoms with van der Waals surface area (Å²) in [6, 6.07) is 14.8. The third kappa shape index (κ3) is 3.33. The highest BCUT2D eigenvalue weighted by Gasteiger charge is 2.06. The van der Waals surface area contributed by atoms with Crippen LogP contribution in [0.5, 0.6) is 11.5 Å². The second-order valence-electron chi connectivity index (χ2n) is 5.25. The van der Waals surface area contributed by atoms with E-state index in [1.54, 1.807) is 19.1 Å². The van der Waals surface area contributed by atoms with Crippen molar-refractivity contribution in [3.8, 4) is 22.8 Å². The van der Waals surface area contributed by atoms with Gasteiger partial charge in [0.05, 0.1) is 11.4 Å². The second-order valence-corrected chi connectivity index (χ2v) is 5.25. The lowest BCUT2D eigenvalue weighted by molar-refractivity contribution is 0.450. The fourth-order valence-electron chi connectivity index (χ4n) is 2.29. The van der Waals surface area contributed by atoms with E-state index in [-0.39, 0.29) is 17.1 Å². The van der Waals surface area contributed by atoms with E-state index in [0.29, 0.717) is 22.7 Å². The van der Waals surface area contributed by atoms with Crippen LogP contribution in [0.15, 0.2) is 64.4 Å². The minimum atomic E-state index is -0.246. The molecule has 0 spiro atoms. The predicted octanol–water partition coefficient (Wildman–Crippen LogP) is 2.99. The van der Waals surface area contributed by atoms with Gasteiger partial charge in [-0.05, 0) is 37.3 Å². The largest absolute Gasteiger partial charge is 0.508 e. The summed E-state index contributed by atoms with van der Waals surface area (Å²) in [5.41, 5.74) is 3.17. The monoisotopic (exact) mass is 321 g/mol. The molecule has 0 radical (unpaired) electrons. The quantitative estimate of drug-likeness (QED) is 0.646. The number of nitrogens with one attached hydrogen (secondary N) is 1. The highest BCUT2D eigenvalue weighted by Crippen LogP contribution is 2.25. The first-order chi connectivity index (χ1) is 11.5. The second kappa shape index (κ2) is 6.37. The molecule has 0 fully saturated rings. The van der Waals surface area contributed by atoms with Crippen molar-refractivity contribution < 1.29 is 10.2 Å². The topological polar surface area (TPSA) is 98.6 Å². The molecule has 0 unspecified atom stereocenters. The van der Waals surface area contributed by atoms with Gasteiger partial charge in [0.2, 0.25) is 0 Å². The number of aromatic nitrogens is 2. The van der Waals surface area contributed by atoms with Crippen LogP contribution >= 0.6 is 0 Å². The summed E-state index contributed by atoms with van der Waals surface area (Å²) in [6.45, 7) is 1.78. The molecule has 1 heterocycles. The summed E-state index contributed by atoms with van der Waals surface area (Å²) in [5.74, 6) is -0.0212. The van der Waals surface area contributed by atoms with Crippen LogP contribution in [0.4, 0.5) is 5.69 Å². The van der Waals surface area contributed by atoms with E-state index in [4.69, 9.17) is 0 Å². The molecule has 0 atom stereocenters. The van der Waals surface area contributed by atoms with Gasteiger partial charge in [-0.2, -0.15) is 5.10 Å². The number of aromatic amines is 1. The summed E-state index contributed by atoms with van der Waals surface area (Å²) in [4.78, 5) is 15.5. The first kappa shape index (κ1) is 15.5. The number of H-pyrrole nitrogens is 1. The zero-order valence-corrected chi connectivity index (χ0v) is 12.9. The van der Waals surface area contributed by atoms with E-state index in [9.17, 15) is 15.0 Å². The van der Waals surface area contributed by atoms with E-state index in [1.807, 2.05) is 24.3 Å². The minimum absolute atomic E-state index is 0.00167. The smallest absolute Gasteiger partial charge is 0.264 e. The van der Waals surface area contributed by atoms with Crippen molar-refractivity contribution in [2.24, 2.45) is 4.99 Å². The van der Waals surface area contributed by atoms with Crippen molar-refractivity contribution in [2.75, 3.05) is 0 Å². The van der Waals surface area contributed by atoms with Crippen LogP contribution in [0, 0.1) is 0 Å². The van der Waals surface area contributed by atoms with Crippen molar-refractivity contribution in [1.29, 1.82) is 0 Å². The van der Waals surface area contributed by atoms with Gasteiger partial charge in [0, 0.05) is 29.0 Å². The Bertz CT molecular complexity index is 939. The molecule has 2 aromatic carbocycles. The van der Waals surface area contributed by atoms with Gasteiger partial charge in [0.1, 0.15) is 11.5 Å². The normalized spacial score (nSPS) is 11.5. The molecular formula is C18H15N3O3. The van der Waals surface area contributed by atoms with E-state index < -0.39 is 0 Å². The Balaban J connectivity index is 1.87. The zero-order valence-electron chi connectivity index (χ0n) is 12.9. The summed E-state index contributed by atoms with van der Waals surface area (Å²) in [5, 5.41) is 25.6. The number of hydrogen-bond acceptors (Lipinski definition) is 5. The lowest BCUT2D eigenvalue weighted by Gasteiger charge is -2.05. The van der Waals surface area contributed by atoms with Gasteiger partial charge in [-0.15, -0.1) is 0 Å². The van der Waals surface area contributed by atoms with E-state index in [1.165, 1.54) is 18.2 Å². The molecular weight excluding hydrogens is 306 g/mol. The molecule has 3 N–H and O–H groups in total. The van der Waals surface area contributed by atoms with Gasteiger partial charge >= 0.3 is 0 Å². The first-order valence-electron chi connectivity index (χ1n) is 7.27. The highest BCUT2D eigenvalue weighted by atomic mass is 16.3. The summed E-state index contributed by atoms with van der Waals surface area (Å²) < 4.78 is 0. The SMILES string of the molecule is CC(=Nc1ccc(-c2ccc(=O)[nH]n2)cc1)c1ccc(O)cc1O. The Morgan fingerprint density at radius 3 is 2.42 bits per heavy atom. The molecule has 0 bridgehead atoms. The standard InChI is InChI=1S/C18H15N3O3/c1-11(15-7-6-14(22)10-17(15)23)19-13-4-2-12(3-5-13)16-8-9-18(24)21-20-16/h2-10,22-23H,1H3,(H,21,24). The van der Waals surface area contributed by atoms with Gasteiger partial charge in [-0.1, -0.05) is 12.1 Å². The van der Waals surface area contributed by atoms with Gasteiger partial charge in [0.15, 0.2) is 0 Å². The van der Waals surface area contributed by atoms with Gasteiger partial charge < -0.3 is 10.2 Å². The number of benzene rings is 2. The number of nitrogens with zero attached hydrogens (tertiary/aromatic N) is 2. The van der Waals surface area contributed by atoms with E-state index in [2.05, 4.69) is 15.2 Å². The van der Waals surface area contributed by atoms with Crippen molar-refractivity contribution >= 4 is 11.4 Å². The van der Waals surface area contributed by atoms with Crippen LogP contribution in [0.2, 0.25) is 0 Å². The first-order valence-corrected chi connectivity index (χ1v) is 7.27. The Labute approximate surface area is 137 Å². The summed E-state index contributed by atoms with van der Waals surface area (Å²) in [7, 11) is 0. The van der Waals surface area contributed by atoms with E-state index in [0.717, 1.165) is 5.56 Å². The van der Waals surface area contributed by atoms with Crippen molar-refractivity contribution in [1.82, 2.24) is 10.2 Å². The average molecular weight is 321 g/mol. The molecule has 0 saturated heterocycles. The molecule has 0 aliphatic carbocycles. The molecule has 1 aromatic heterocycles. The predicted molar refractivity (Wildman–Crippen MR) is 91.9 cm³/mol.